The Morgan fingerprint density at radius 2 is 1.67 bits per heavy atom. The van der Waals surface area contributed by atoms with E-state index in [9.17, 15) is 8.42 Å². The average Bonchev–Trinajstić information content (AvgIpc) is 2.46. The van der Waals surface area contributed by atoms with E-state index in [-0.39, 0.29) is 4.90 Å². The van der Waals surface area contributed by atoms with Crippen molar-refractivity contribution in [2.45, 2.75) is 17.9 Å². The van der Waals surface area contributed by atoms with Gasteiger partial charge < -0.3 is 5.32 Å². The Bertz CT molecular complexity index is 722. The average molecular weight is 302 g/mol. The lowest BCUT2D eigenvalue weighted by atomic mass is 10.0. The first-order valence-electron chi connectivity index (χ1n) is 6.55. The lowest BCUT2D eigenvalue weighted by Crippen LogP contribution is -2.12. The number of hydrogen-bond donors (Lipinski definition) is 2. The molecule has 2 aromatic carbocycles. The van der Waals surface area contributed by atoms with Gasteiger partial charge in [0.05, 0.1) is 4.90 Å². The van der Waals surface area contributed by atoms with Crippen LogP contribution in [-0.4, -0.2) is 8.42 Å². The lowest BCUT2D eigenvalue weighted by molar-refractivity contribution is 0.598. The number of benzene rings is 2. The second-order valence-electron chi connectivity index (χ2n) is 4.68. The van der Waals surface area contributed by atoms with Crippen molar-refractivity contribution in [2.75, 3.05) is 5.32 Å². The zero-order valence-electron chi connectivity index (χ0n) is 11.6. The fraction of sp³-hybridized carbons (Fsp3) is 0.125. The molecule has 0 unspecified atom stereocenters. The van der Waals surface area contributed by atoms with Crippen LogP contribution in [0.3, 0.4) is 0 Å². The van der Waals surface area contributed by atoms with Crippen LogP contribution in [0.15, 0.2) is 66.1 Å². The van der Waals surface area contributed by atoms with Crippen molar-refractivity contribution < 1.29 is 8.42 Å². The molecule has 0 spiro atoms. The third kappa shape index (κ3) is 4.18. The summed E-state index contributed by atoms with van der Waals surface area (Å²) < 4.78 is 22.4. The molecule has 0 aliphatic heterocycles. The third-order valence-electron chi connectivity index (χ3n) is 3.15. The topological polar surface area (TPSA) is 72.2 Å². The number of hydrogen-bond acceptors (Lipinski definition) is 3. The van der Waals surface area contributed by atoms with E-state index in [2.05, 4.69) is 24.0 Å². The highest BCUT2D eigenvalue weighted by Crippen LogP contribution is 2.16. The highest BCUT2D eigenvalue weighted by Gasteiger charge is 2.06. The Hall–Kier alpha value is -2.11. The van der Waals surface area contributed by atoms with Crippen molar-refractivity contribution in [2.24, 2.45) is 5.14 Å². The molecule has 0 bridgehead atoms. The van der Waals surface area contributed by atoms with Crippen molar-refractivity contribution in [1.82, 2.24) is 0 Å². The molecular weight excluding hydrogens is 284 g/mol. The molecule has 110 valence electrons. The van der Waals surface area contributed by atoms with E-state index < -0.39 is 10.0 Å². The van der Waals surface area contributed by atoms with Gasteiger partial charge in [-0.05, 0) is 41.8 Å². The minimum absolute atomic E-state index is 0.111. The van der Waals surface area contributed by atoms with Crippen molar-refractivity contribution in [3.63, 3.8) is 0 Å². The molecule has 0 amide bonds. The summed E-state index contributed by atoms with van der Waals surface area (Å²) in [5, 5.41) is 8.34. The van der Waals surface area contributed by atoms with Gasteiger partial charge in [0.25, 0.3) is 0 Å². The number of primary sulfonamides is 1. The van der Waals surface area contributed by atoms with Crippen LogP contribution in [0, 0.1) is 0 Å². The summed E-state index contributed by atoms with van der Waals surface area (Å²) in [5.41, 5.74) is 3.25. The minimum atomic E-state index is -3.64. The fourth-order valence-electron chi connectivity index (χ4n) is 2.04. The van der Waals surface area contributed by atoms with E-state index in [1.807, 2.05) is 18.2 Å². The number of rotatable bonds is 6. The van der Waals surface area contributed by atoms with Crippen molar-refractivity contribution in [3.05, 3.63) is 72.3 Å². The summed E-state index contributed by atoms with van der Waals surface area (Å²) in [5.74, 6) is 0. The van der Waals surface area contributed by atoms with Crippen molar-refractivity contribution in [1.29, 1.82) is 0 Å². The van der Waals surface area contributed by atoms with Crippen LogP contribution in [0.1, 0.15) is 11.1 Å². The van der Waals surface area contributed by atoms with E-state index in [1.165, 1.54) is 23.3 Å². The van der Waals surface area contributed by atoms with E-state index >= 15 is 0 Å². The lowest BCUT2D eigenvalue weighted by Gasteiger charge is -2.10. The smallest absolute Gasteiger partial charge is 0.238 e. The number of sulfonamides is 1. The minimum Gasteiger partial charge on any atom is -0.381 e. The second-order valence-corrected chi connectivity index (χ2v) is 6.25. The Balaban J connectivity index is 2.08. The van der Waals surface area contributed by atoms with Crippen LogP contribution in [0.25, 0.3) is 0 Å². The number of nitrogens with two attached hydrogens (primary N) is 1. The quantitative estimate of drug-likeness (QED) is 0.806. The number of allylic oxidation sites excluding steroid dienone is 1. The summed E-state index contributed by atoms with van der Waals surface area (Å²) in [6.07, 6.45) is 2.70. The SMILES string of the molecule is C=CCc1ccccc1CNc1ccc(S(N)(=O)=O)cc1. The highest BCUT2D eigenvalue weighted by molar-refractivity contribution is 7.89. The first-order valence-corrected chi connectivity index (χ1v) is 8.10. The first-order chi connectivity index (χ1) is 10.0. The fourth-order valence-corrected chi connectivity index (χ4v) is 2.56. The molecule has 0 aromatic heterocycles. The van der Waals surface area contributed by atoms with Crippen LogP contribution in [0.2, 0.25) is 0 Å². The molecule has 3 N–H and O–H groups in total. The van der Waals surface area contributed by atoms with Crippen LogP contribution < -0.4 is 10.5 Å². The zero-order valence-corrected chi connectivity index (χ0v) is 12.4. The summed E-state index contributed by atoms with van der Waals surface area (Å²) in [6, 6.07) is 14.5. The summed E-state index contributed by atoms with van der Waals surface area (Å²) >= 11 is 0. The molecule has 0 aliphatic carbocycles. The number of nitrogens with one attached hydrogen (secondary N) is 1. The van der Waals surface area contributed by atoms with Gasteiger partial charge in [-0.2, -0.15) is 0 Å². The van der Waals surface area contributed by atoms with Gasteiger partial charge in [0, 0.05) is 12.2 Å². The Morgan fingerprint density at radius 1 is 1.05 bits per heavy atom. The maximum absolute atomic E-state index is 11.2. The van der Waals surface area contributed by atoms with Gasteiger partial charge in [0.2, 0.25) is 10.0 Å². The van der Waals surface area contributed by atoms with Crippen LogP contribution in [-0.2, 0) is 23.0 Å². The second kappa shape index (κ2) is 6.56. The van der Waals surface area contributed by atoms with Gasteiger partial charge >= 0.3 is 0 Å². The third-order valence-corrected chi connectivity index (χ3v) is 4.08. The van der Waals surface area contributed by atoms with E-state index in [0.29, 0.717) is 6.54 Å². The molecule has 4 nitrogen and oxygen atoms in total. The zero-order chi connectivity index (χ0) is 15.3. The Kier molecular flexibility index (Phi) is 4.77. The van der Waals surface area contributed by atoms with E-state index in [0.717, 1.165) is 12.1 Å². The summed E-state index contributed by atoms with van der Waals surface area (Å²) in [6.45, 7) is 4.42. The normalized spacial score (nSPS) is 11.1. The van der Waals surface area contributed by atoms with Gasteiger partial charge in [-0.25, -0.2) is 13.6 Å². The Labute approximate surface area is 125 Å². The molecule has 0 fully saturated rings. The van der Waals surface area contributed by atoms with E-state index in [4.69, 9.17) is 5.14 Å². The van der Waals surface area contributed by atoms with E-state index in [1.54, 1.807) is 12.1 Å². The van der Waals surface area contributed by atoms with Gasteiger partial charge in [0.15, 0.2) is 0 Å². The Morgan fingerprint density at radius 3 is 2.24 bits per heavy atom. The molecular formula is C16H18N2O2S. The molecule has 0 saturated carbocycles. The van der Waals surface area contributed by atoms with Crippen LogP contribution in [0.4, 0.5) is 5.69 Å². The molecule has 2 rings (SSSR count). The molecule has 2 aromatic rings. The molecule has 0 heterocycles. The maximum Gasteiger partial charge on any atom is 0.238 e. The summed E-state index contributed by atoms with van der Waals surface area (Å²) in [7, 11) is -3.64. The molecule has 0 saturated heterocycles. The highest BCUT2D eigenvalue weighted by atomic mass is 32.2. The van der Waals surface area contributed by atoms with Crippen LogP contribution >= 0.6 is 0 Å². The first kappa shape index (κ1) is 15.3. The monoisotopic (exact) mass is 302 g/mol. The largest absolute Gasteiger partial charge is 0.381 e. The van der Waals surface area contributed by atoms with Gasteiger partial charge in [0.1, 0.15) is 0 Å². The predicted molar refractivity (Wildman–Crippen MR) is 85.5 cm³/mol. The maximum atomic E-state index is 11.2. The molecule has 0 atom stereocenters. The van der Waals surface area contributed by atoms with Crippen molar-refractivity contribution >= 4 is 15.7 Å². The predicted octanol–water partition coefficient (Wildman–Crippen LogP) is 2.67. The van der Waals surface area contributed by atoms with Gasteiger partial charge in [-0.15, -0.1) is 6.58 Å². The summed E-state index contributed by atoms with van der Waals surface area (Å²) in [4.78, 5) is 0.111. The van der Waals surface area contributed by atoms with Gasteiger partial charge in [-0.3, -0.25) is 0 Å². The molecule has 21 heavy (non-hydrogen) atoms. The molecule has 0 aliphatic rings. The van der Waals surface area contributed by atoms with Gasteiger partial charge in [-0.1, -0.05) is 30.3 Å². The standard InChI is InChI=1S/C16H18N2O2S/c1-2-5-13-6-3-4-7-14(13)12-18-15-8-10-16(11-9-15)21(17,19)20/h2-4,6-11,18H,1,5,12H2,(H2,17,19,20). The van der Waals surface area contributed by atoms with Crippen molar-refractivity contribution in [3.8, 4) is 0 Å². The molecule has 0 radical (unpaired) electrons. The van der Waals surface area contributed by atoms with Crippen LogP contribution in [0.5, 0.6) is 0 Å². The molecule has 5 heteroatoms. The number of anilines is 1.